The van der Waals surface area contributed by atoms with Crippen LogP contribution in [0.2, 0.25) is 0 Å². The van der Waals surface area contributed by atoms with Gasteiger partial charge in [-0.25, -0.2) is 12.7 Å². The third-order valence-electron chi connectivity index (χ3n) is 3.63. The van der Waals surface area contributed by atoms with Crippen LogP contribution in [0.1, 0.15) is 15.3 Å². The Kier molecular flexibility index (Phi) is 6.57. The van der Waals surface area contributed by atoms with Gasteiger partial charge in [-0.15, -0.1) is 11.3 Å². The lowest BCUT2D eigenvalue weighted by atomic mass is 10.2. The van der Waals surface area contributed by atoms with E-state index in [-0.39, 0.29) is 0 Å². The second-order valence-electron chi connectivity index (χ2n) is 5.69. The van der Waals surface area contributed by atoms with Gasteiger partial charge in [0.25, 0.3) is 0 Å². The van der Waals surface area contributed by atoms with E-state index in [1.165, 1.54) is 28.2 Å². The van der Waals surface area contributed by atoms with Crippen molar-refractivity contribution in [3.05, 3.63) is 51.7 Å². The summed E-state index contributed by atoms with van der Waals surface area (Å²) >= 11 is 1.73. The summed E-state index contributed by atoms with van der Waals surface area (Å²) in [6, 6.07) is 11.2. The quantitative estimate of drug-likeness (QED) is 0.595. The van der Waals surface area contributed by atoms with Crippen LogP contribution in [-0.2, 0) is 23.1 Å². The molecule has 0 aliphatic heterocycles. The molecular weight excluding hydrogens is 356 g/mol. The van der Waals surface area contributed by atoms with Crippen LogP contribution >= 0.6 is 11.3 Å². The first-order chi connectivity index (χ1) is 11.8. The number of thiophene rings is 1. The number of nitrogens with one attached hydrogen (secondary N) is 2. The van der Waals surface area contributed by atoms with Gasteiger partial charge < -0.3 is 10.6 Å². The summed E-state index contributed by atoms with van der Waals surface area (Å²) in [5, 5.41) is 6.41. The van der Waals surface area contributed by atoms with E-state index < -0.39 is 10.0 Å². The molecule has 2 aromatic rings. The highest BCUT2D eigenvalue weighted by atomic mass is 32.2. The normalized spacial score (nSPS) is 12.4. The summed E-state index contributed by atoms with van der Waals surface area (Å²) in [4.78, 5) is 6.98. The van der Waals surface area contributed by atoms with E-state index in [1.54, 1.807) is 36.6 Å². The van der Waals surface area contributed by atoms with Crippen molar-refractivity contribution in [3.8, 4) is 0 Å². The van der Waals surface area contributed by atoms with E-state index >= 15 is 0 Å². The fraction of sp³-hybridized carbons (Fsp3) is 0.353. The predicted octanol–water partition coefficient (Wildman–Crippen LogP) is 2.17. The number of aliphatic imine (C=N–C) groups is 1. The highest BCUT2D eigenvalue weighted by Crippen LogP contribution is 2.18. The molecule has 0 aliphatic rings. The largest absolute Gasteiger partial charge is 0.352 e. The van der Waals surface area contributed by atoms with Gasteiger partial charge >= 0.3 is 0 Å². The molecule has 136 valence electrons. The number of guanidine groups is 1. The number of aryl methyl sites for hydroxylation is 1. The molecule has 2 N–H and O–H groups in total. The van der Waals surface area contributed by atoms with Crippen molar-refractivity contribution in [2.45, 2.75) is 24.9 Å². The number of hydrogen-bond acceptors (Lipinski definition) is 4. The zero-order valence-corrected chi connectivity index (χ0v) is 16.5. The van der Waals surface area contributed by atoms with E-state index in [0.29, 0.717) is 29.5 Å². The second-order valence-corrected chi connectivity index (χ2v) is 9.18. The smallest absolute Gasteiger partial charge is 0.242 e. The molecule has 8 heteroatoms. The Morgan fingerprint density at radius 1 is 1.12 bits per heavy atom. The summed E-state index contributed by atoms with van der Waals surface area (Å²) < 4.78 is 26.1. The van der Waals surface area contributed by atoms with Gasteiger partial charge in [0.05, 0.1) is 11.4 Å². The molecule has 6 nitrogen and oxygen atoms in total. The molecule has 2 rings (SSSR count). The Balaban J connectivity index is 2.05. The van der Waals surface area contributed by atoms with E-state index in [9.17, 15) is 8.42 Å². The molecule has 0 saturated heterocycles. The van der Waals surface area contributed by atoms with E-state index in [1.807, 2.05) is 6.07 Å². The fourth-order valence-corrected chi connectivity index (χ4v) is 4.19. The summed E-state index contributed by atoms with van der Waals surface area (Å²) in [6.45, 7) is 3.12. The maximum absolute atomic E-state index is 12.4. The van der Waals surface area contributed by atoms with Gasteiger partial charge in [0.1, 0.15) is 0 Å². The maximum Gasteiger partial charge on any atom is 0.242 e. The molecule has 0 bridgehead atoms. The summed E-state index contributed by atoms with van der Waals surface area (Å²) in [7, 11) is 1.27. The highest BCUT2D eigenvalue weighted by Gasteiger charge is 2.20. The van der Waals surface area contributed by atoms with Crippen molar-refractivity contribution in [2.24, 2.45) is 4.99 Å². The SMILES string of the molecule is CN=C(NCc1ccc(C)s1)NCc1ccccc1S(=O)(=O)N(C)C. The van der Waals surface area contributed by atoms with Crippen LogP contribution in [0.5, 0.6) is 0 Å². The molecule has 0 atom stereocenters. The van der Waals surface area contributed by atoms with Crippen molar-refractivity contribution >= 4 is 27.3 Å². The van der Waals surface area contributed by atoms with Gasteiger partial charge in [0.2, 0.25) is 10.0 Å². The molecule has 25 heavy (non-hydrogen) atoms. The maximum atomic E-state index is 12.4. The lowest BCUT2D eigenvalue weighted by molar-refractivity contribution is 0.519. The highest BCUT2D eigenvalue weighted by molar-refractivity contribution is 7.89. The molecule has 0 aliphatic carbocycles. The fourth-order valence-electron chi connectivity index (χ4n) is 2.25. The summed E-state index contributed by atoms with van der Waals surface area (Å²) in [6.07, 6.45) is 0. The lowest BCUT2D eigenvalue weighted by Gasteiger charge is -2.16. The van der Waals surface area contributed by atoms with Crippen molar-refractivity contribution in [1.29, 1.82) is 0 Å². The third-order valence-corrected chi connectivity index (χ3v) is 6.54. The van der Waals surface area contributed by atoms with Crippen LogP contribution in [-0.4, -0.2) is 39.8 Å². The van der Waals surface area contributed by atoms with Crippen LogP contribution in [0.4, 0.5) is 0 Å². The van der Waals surface area contributed by atoms with E-state index in [2.05, 4.69) is 34.7 Å². The van der Waals surface area contributed by atoms with E-state index in [4.69, 9.17) is 0 Å². The molecule has 0 amide bonds. The first-order valence-corrected chi connectivity index (χ1v) is 10.1. The van der Waals surface area contributed by atoms with Crippen LogP contribution < -0.4 is 10.6 Å². The standard InChI is InChI=1S/C17H24N4O2S2/c1-13-9-10-15(24-13)12-20-17(18-2)19-11-14-7-5-6-8-16(14)25(22,23)21(3)4/h5-10H,11-12H2,1-4H3,(H2,18,19,20). The van der Waals surface area contributed by atoms with Crippen LogP contribution in [0.15, 0.2) is 46.3 Å². The zero-order valence-electron chi connectivity index (χ0n) is 14.9. The third kappa shape index (κ3) is 5.04. The second kappa shape index (κ2) is 8.46. The summed E-state index contributed by atoms with van der Waals surface area (Å²) in [5.74, 6) is 0.628. The molecule has 1 aromatic heterocycles. The van der Waals surface area contributed by atoms with Crippen LogP contribution in [0.3, 0.4) is 0 Å². The minimum atomic E-state index is -3.48. The van der Waals surface area contributed by atoms with Gasteiger partial charge in [-0.2, -0.15) is 0 Å². The van der Waals surface area contributed by atoms with Gasteiger partial charge in [0, 0.05) is 37.4 Å². The molecule has 0 spiro atoms. The molecule has 1 aromatic carbocycles. The topological polar surface area (TPSA) is 73.8 Å². The zero-order chi connectivity index (χ0) is 18.4. The Hall–Kier alpha value is -1.90. The van der Waals surface area contributed by atoms with Crippen LogP contribution in [0.25, 0.3) is 0 Å². The number of nitrogens with zero attached hydrogens (tertiary/aromatic N) is 2. The average Bonchev–Trinajstić information content (AvgIpc) is 3.00. The number of sulfonamides is 1. The van der Waals surface area contributed by atoms with Gasteiger partial charge in [-0.05, 0) is 30.7 Å². The van der Waals surface area contributed by atoms with Gasteiger partial charge in [0.15, 0.2) is 5.96 Å². The van der Waals surface area contributed by atoms with Gasteiger partial charge in [-0.1, -0.05) is 18.2 Å². The Morgan fingerprint density at radius 3 is 2.40 bits per heavy atom. The minimum absolute atomic E-state index is 0.303. The Bertz CT molecular complexity index is 842. The number of benzene rings is 1. The molecule has 0 saturated carbocycles. The Morgan fingerprint density at radius 2 is 1.80 bits per heavy atom. The first-order valence-electron chi connectivity index (χ1n) is 7.85. The monoisotopic (exact) mass is 380 g/mol. The van der Waals surface area contributed by atoms with Crippen molar-refractivity contribution < 1.29 is 8.42 Å². The first kappa shape index (κ1) is 19.4. The Labute approximate surface area is 153 Å². The van der Waals surface area contributed by atoms with Crippen molar-refractivity contribution in [3.63, 3.8) is 0 Å². The van der Waals surface area contributed by atoms with Gasteiger partial charge in [-0.3, -0.25) is 4.99 Å². The lowest BCUT2D eigenvalue weighted by Crippen LogP contribution is -2.36. The molecule has 0 unspecified atom stereocenters. The minimum Gasteiger partial charge on any atom is -0.352 e. The molecule has 0 radical (unpaired) electrons. The number of hydrogen-bond donors (Lipinski definition) is 2. The molecule has 1 heterocycles. The van der Waals surface area contributed by atoms with Crippen molar-refractivity contribution in [1.82, 2.24) is 14.9 Å². The van der Waals surface area contributed by atoms with Crippen molar-refractivity contribution in [2.75, 3.05) is 21.1 Å². The number of rotatable bonds is 6. The predicted molar refractivity (Wildman–Crippen MR) is 103 cm³/mol. The molecule has 0 fully saturated rings. The molecular formula is C17H24N4O2S2. The average molecular weight is 381 g/mol. The summed E-state index contributed by atoms with van der Waals surface area (Å²) in [5.41, 5.74) is 0.700. The van der Waals surface area contributed by atoms with E-state index in [0.717, 1.165) is 0 Å². The van der Waals surface area contributed by atoms with Crippen LogP contribution in [0, 0.1) is 6.92 Å².